The van der Waals surface area contributed by atoms with Crippen LogP contribution in [0.1, 0.15) is 47.8 Å². The van der Waals surface area contributed by atoms with Crippen molar-refractivity contribution in [3.8, 4) is 0 Å². The normalized spacial score (nSPS) is 11.9. The molecular weight excluding hydrogens is 460 g/mol. The minimum atomic E-state index is -0.500. The van der Waals surface area contributed by atoms with E-state index in [9.17, 15) is 9.59 Å². The van der Waals surface area contributed by atoms with E-state index in [4.69, 9.17) is 9.72 Å². The summed E-state index contributed by atoms with van der Waals surface area (Å²) in [6.07, 6.45) is 2.28. The number of carbonyl (C=O) groups is 2. The van der Waals surface area contributed by atoms with Gasteiger partial charge in [-0.15, -0.1) is 0 Å². The summed E-state index contributed by atoms with van der Waals surface area (Å²) >= 11 is 1.59. The van der Waals surface area contributed by atoms with Crippen molar-refractivity contribution in [3.05, 3.63) is 83.6 Å². The second-order valence-corrected chi connectivity index (χ2v) is 9.04. The third-order valence-electron chi connectivity index (χ3n) is 5.57. The molecule has 0 saturated carbocycles. The van der Waals surface area contributed by atoms with Crippen LogP contribution in [-0.4, -0.2) is 33.0 Å². The SMILES string of the molecule is CCOC(=O)c1ccc(NC(=O)[C@@H](CC)n2c(SCc3ccc(C)cc3)nc3cccnc32)cc1. The molecule has 1 N–H and O–H groups in total. The Hall–Kier alpha value is -3.65. The van der Waals surface area contributed by atoms with Gasteiger partial charge in [0.25, 0.3) is 0 Å². The summed E-state index contributed by atoms with van der Waals surface area (Å²) < 4.78 is 6.95. The fourth-order valence-corrected chi connectivity index (χ4v) is 4.74. The number of carbonyl (C=O) groups excluding carboxylic acids is 2. The number of esters is 1. The number of imidazole rings is 1. The van der Waals surface area contributed by atoms with E-state index in [2.05, 4.69) is 41.5 Å². The zero-order chi connectivity index (χ0) is 24.8. The number of pyridine rings is 1. The fraction of sp³-hybridized carbons (Fsp3) is 0.259. The molecule has 0 aliphatic carbocycles. The molecule has 7 nitrogen and oxygen atoms in total. The van der Waals surface area contributed by atoms with Crippen LogP contribution >= 0.6 is 11.8 Å². The van der Waals surface area contributed by atoms with Crippen molar-refractivity contribution in [2.45, 2.75) is 44.1 Å². The molecule has 0 saturated heterocycles. The summed E-state index contributed by atoms with van der Waals surface area (Å²) in [7, 11) is 0. The molecule has 0 unspecified atom stereocenters. The first-order valence-electron chi connectivity index (χ1n) is 11.6. The van der Waals surface area contributed by atoms with E-state index < -0.39 is 6.04 Å². The minimum absolute atomic E-state index is 0.168. The second kappa shape index (κ2) is 11.2. The molecule has 2 aromatic carbocycles. The van der Waals surface area contributed by atoms with Crippen molar-refractivity contribution in [2.75, 3.05) is 11.9 Å². The van der Waals surface area contributed by atoms with E-state index in [0.717, 1.165) is 16.4 Å². The van der Waals surface area contributed by atoms with Gasteiger partial charge in [0.2, 0.25) is 5.91 Å². The number of aromatic nitrogens is 3. The van der Waals surface area contributed by atoms with Gasteiger partial charge >= 0.3 is 5.97 Å². The molecule has 0 aliphatic rings. The van der Waals surface area contributed by atoms with Crippen LogP contribution in [-0.2, 0) is 15.3 Å². The van der Waals surface area contributed by atoms with Crippen LogP contribution in [0.5, 0.6) is 0 Å². The molecule has 0 aliphatic heterocycles. The van der Waals surface area contributed by atoms with Crippen LogP contribution in [0.3, 0.4) is 0 Å². The molecule has 8 heteroatoms. The Morgan fingerprint density at radius 2 is 1.80 bits per heavy atom. The predicted molar refractivity (Wildman–Crippen MR) is 139 cm³/mol. The Kier molecular flexibility index (Phi) is 7.82. The van der Waals surface area contributed by atoms with Crippen molar-refractivity contribution >= 4 is 40.5 Å². The molecule has 35 heavy (non-hydrogen) atoms. The van der Waals surface area contributed by atoms with Gasteiger partial charge in [-0.1, -0.05) is 48.5 Å². The van der Waals surface area contributed by atoms with E-state index in [-0.39, 0.29) is 11.9 Å². The third kappa shape index (κ3) is 5.71. The van der Waals surface area contributed by atoms with E-state index in [0.29, 0.717) is 29.9 Å². The highest BCUT2D eigenvalue weighted by Gasteiger charge is 2.25. The Balaban J connectivity index is 1.58. The number of anilines is 1. The molecule has 0 bridgehead atoms. The lowest BCUT2D eigenvalue weighted by molar-refractivity contribution is -0.119. The lowest BCUT2D eigenvalue weighted by atomic mass is 10.1. The molecule has 0 spiro atoms. The van der Waals surface area contributed by atoms with E-state index >= 15 is 0 Å². The number of benzene rings is 2. The summed E-state index contributed by atoms with van der Waals surface area (Å²) in [4.78, 5) is 34.6. The number of rotatable bonds is 9. The summed E-state index contributed by atoms with van der Waals surface area (Å²) in [6, 6.07) is 18.4. The third-order valence-corrected chi connectivity index (χ3v) is 6.59. The summed E-state index contributed by atoms with van der Waals surface area (Å²) in [5.41, 5.74) is 4.88. The standard InChI is InChI=1S/C27H28N4O3S/c1-4-23(25(32)29-21-14-12-20(13-15-21)26(33)34-5-2)31-24-22(7-6-16-28-24)30-27(31)35-17-19-10-8-18(3)9-11-19/h6-16,23H,4-5,17H2,1-3H3,(H,29,32)/t23-/m1/s1. The maximum atomic E-state index is 13.4. The lowest BCUT2D eigenvalue weighted by Crippen LogP contribution is -2.26. The van der Waals surface area contributed by atoms with E-state index in [1.54, 1.807) is 49.1 Å². The summed E-state index contributed by atoms with van der Waals surface area (Å²) in [5, 5.41) is 3.72. The van der Waals surface area contributed by atoms with Crippen LogP contribution in [0.4, 0.5) is 5.69 Å². The molecule has 2 heterocycles. The molecule has 1 atom stereocenters. The molecule has 4 aromatic rings. The number of thioether (sulfide) groups is 1. The Labute approximate surface area is 208 Å². The van der Waals surface area contributed by atoms with Gasteiger partial charge < -0.3 is 10.1 Å². The van der Waals surface area contributed by atoms with Crippen LogP contribution < -0.4 is 5.32 Å². The molecule has 0 radical (unpaired) electrons. The van der Waals surface area contributed by atoms with Crippen molar-refractivity contribution in [1.29, 1.82) is 0 Å². The molecule has 180 valence electrons. The highest BCUT2D eigenvalue weighted by Crippen LogP contribution is 2.31. The van der Waals surface area contributed by atoms with Gasteiger partial charge in [-0.25, -0.2) is 14.8 Å². The van der Waals surface area contributed by atoms with Gasteiger partial charge in [-0.3, -0.25) is 9.36 Å². The van der Waals surface area contributed by atoms with Gasteiger partial charge in [0.1, 0.15) is 11.6 Å². The van der Waals surface area contributed by atoms with Crippen LogP contribution in [0, 0.1) is 6.92 Å². The average molecular weight is 489 g/mol. The van der Waals surface area contributed by atoms with Crippen molar-refractivity contribution in [3.63, 3.8) is 0 Å². The van der Waals surface area contributed by atoms with Crippen LogP contribution in [0.15, 0.2) is 72.0 Å². The summed E-state index contributed by atoms with van der Waals surface area (Å²) in [6.45, 7) is 6.11. The first-order valence-corrected chi connectivity index (χ1v) is 12.6. The second-order valence-electron chi connectivity index (χ2n) is 8.10. The Morgan fingerprint density at radius 1 is 1.06 bits per heavy atom. The number of aryl methyl sites for hydroxylation is 1. The van der Waals surface area contributed by atoms with E-state index in [1.165, 1.54) is 11.1 Å². The van der Waals surface area contributed by atoms with Crippen LogP contribution in [0.2, 0.25) is 0 Å². The first-order chi connectivity index (χ1) is 17.0. The number of amides is 1. The monoisotopic (exact) mass is 488 g/mol. The topological polar surface area (TPSA) is 86.1 Å². The molecule has 2 aromatic heterocycles. The van der Waals surface area contributed by atoms with Gasteiger partial charge in [0.05, 0.1) is 12.2 Å². The fourth-order valence-electron chi connectivity index (χ4n) is 3.74. The Bertz CT molecular complexity index is 1320. The number of hydrogen-bond donors (Lipinski definition) is 1. The average Bonchev–Trinajstić information content (AvgIpc) is 3.23. The number of fused-ring (bicyclic) bond motifs is 1. The number of nitrogens with zero attached hydrogens (tertiary/aromatic N) is 3. The smallest absolute Gasteiger partial charge is 0.338 e. The molecule has 0 fully saturated rings. The van der Waals surface area contributed by atoms with Crippen LogP contribution in [0.25, 0.3) is 11.2 Å². The van der Waals surface area contributed by atoms with Crippen molar-refractivity contribution in [1.82, 2.24) is 14.5 Å². The number of ether oxygens (including phenoxy) is 1. The molecule has 4 rings (SSSR count). The summed E-state index contributed by atoms with van der Waals surface area (Å²) in [5.74, 6) is 0.179. The van der Waals surface area contributed by atoms with Gasteiger partial charge in [-0.2, -0.15) is 0 Å². The number of nitrogens with one attached hydrogen (secondary N) is 1. The zero-order valence-electron chi connectivity index (χ0n) is 20.0. The minimum Gasteiger partial charge on any atom is -0.462 e. The maximum Gasteiger partial charge on any atom is 0.338 e. The lowest BCUT2D eigenvalue weighted by Gasteiger charge is -2.19. The quantitative estimate of drug-likeness (QED) is 0.237. The highest BCUT2D eigenvalue weighted by atomic mass is 32.2. The molecule has 1 amide bonds. The van der Waals surface area contributed by atoms with Crippen molar-refractivity contribution in [2.24, 2.45) is 0 Å². The maximum absolute atomic E-state index is 13.4. The van der Waals surface area contributed by atoms with Crippen molar-refractivity contribution < 1.29 is 14.3 Å². The number of hydrogen-bond acceptors (Lipinski definition) is 6. The predicted octanol–water partition coefficient (Wildman–Crippen LogP) is 5.80. The zero-order valence-corrected chi connectivity index (χ0v) is 20.8. The van der Waals surface area contributed by atoms with Gasteiger partial charge in [-0.05, 0) is 62.2 Å². The van der Waals surface area contributed by atoms with E-state index in [1.807, 2.05) is 23.6 Å². The van der Waals surface area contributed by atoms with Gasteiger partial charge in [0, 0.05) is 17.6 Å². The highest BCUT2D eigenvalue weighted by molar-refractivity contribution is 7.98. The Morgan fingerprint density at radius 3 is 2.49 bits per heavy atom. The largest absolute Gasteiger partial charge is 0.462 e. The molecular formula is C27H28N4O3S. The van der Waals surface area contributed by atoms with Gasteiger partial charge in [0.15, 0.2) is 10.8 Å². The first kappa shape index (κ1) is 24.5.